The summed E-state index contributed by atoms with van der Waals surface area (Å²) in [5.74, 6) is 1.85. The molecule has 0 aliphatic heterocycles. The lowest BCUT2D eigenvalue weighted by atomic mass is 9.80. The zero-order valence-corrected chi connectivity index (χ0v) is 13.5. The van der Waals surface area contributed by atoms with Crippen molar-refractivity contribution in [3.8, 4) is 0 Å². The smallest absolute Gasteiger partial charge is 0.251 e. The molecule has 2 unspecified atom stereocenters. The monoisotopic (exact) mass is 309 g/mol. The van der Waals surface area contributed by atoms with Crippen LogP contribution in [0.15, 0.2) is 12.1 Å². The van der Waals surface area contributed by atoms with Crippen LogP contribution in [0.2, 0.25) is 5.15 Å². The Labute approximate surface area is 131 Å². The van der Waals surface area contributed by atoms with Crippen molar-refractivity contribution in [1.29, 1.82) is 0 Å². The first-order chi connectivity index (χ1) is 10.1. The molecule has 1 aliphatic rings. The minimum absolute atomic E-state index is 0.0729. The van der Waals surface area contributed by atoms with Gasteiger partial charge >= 0.3 is 0 Å². The highest BCUT2D eigenvalue weighted by Crippen LogP contribution is 2.28. The number of carbonyl (C=O) groups is 1. The number of nitrogens with zero attached hydrogens (tertiary/aromatic N) is 1. The van der Waals surface area contributed by atoms with E-state index in [4.69, 9.17) is 11.6 Å². The Morgan fingerprint density at radius 2 is 2.14 bits per heavy atom. The summed E-state index contributed by atoms with van der Waals surface area (Å²) in [5.41, 5.74) is 0.564. The van der Waals surface area contributed by atoms with E-state index in [-0.39, 0.29) is 5.91 Å². The summed E-state index contributed by atoms with van der Waals surface area (Å²) < 4.78 is 0. The lowest BCUT2D eigenvalue weighted by Gasteiger charge is -2.28. The number of hydrogen-bond acceptors (Lipinski definition) is 3. The Balaban J connectivity index is 1.96. The van der Waals surface area contributed by atoms with Crippen LogP contribution in [0.3, 0.4) is 0 Å². The van der Waals surface area contributed by atoms with E-state index in [2.05, 4.69) is 22.5 Å². The second kappa shape index (κ2) is 7.64. The van der Waals surface area contributed by atoms with Crippen LogP contribution in [-0.2, 0) is 0 Å². The molecule has 1 aliphatic carbocycles. The van der Waals surface area contributed by atoms with E-state index in [0.717, 1.165) is 13.1 Å². The van der Waals surface area contributed by atoms with Gasteiger partial charge in [0.05, 0.1) is 0 Å². The first-order valence-electron chi connectivity index (χ1n) is 7.79. The summed E-state index contributed by atoms with van der Waals surface area (Å²) in [4.78, 5) is 16.4. The van der Waals surface area contributed by atoms with Crippen molar-refractivity contribution in [2.75, 3.05) is 18.4 Å². The molecule has 116 valence electrons. The molecule has 2 atom stereocenters. The Bertz CT molecular complexity index is 492. The molecule has 1 aromatic rings. The first kappa shape index (κ1) is 16.1. The number of halogens is 1. The van der Waals surface area contributed by atoms with Gasteiger partial charge in [-0.25, -0.2) is 4.98 Å². The van der Waals surface area contributed by atoms with Crippen LogP contribution in [0.1, 0.15) is 49.9 Å². The zero-order chi connectivity index (χ0) is 15.2. The highest BCUT2D eigenvalue weighted by molar-refractivity contribution is 6.29. The third-order valence-electron chi connectivity index (χ3n) is 4.23. The molecular weight excluding hydrogens is 286 g/mol. The average molecular weight is 310 g/mol. The Kier molecular flexibility index (Phi) is 5.85. The Morgan fingerprint density at radius 1 is 1.38 bits per heavy atom. The van der Waals surface area contributed by atoms with E-state index in [1.807, 2.05) is 6.92 Å². The van der Waals surface area contributed by atoms with Gasteiger partial charge in [-0.2, -0.15) is 0 Å². The van der Waals surface area contributed by atoms with Crippen molar-refractivity contribution < 1.29 is 4.79 Å². The van der Waals surface area contributed by atoms with Gasteiger partial charge in [0, 0.05) is 18.7 Å². The largest absolute Gasteiger partial charge is 0.370 e. The van der Waals surface area contributed by atoms with Gasteiger partial charge < -0.3 is 10.6 Å². The maximum atomic E-state index is 12.3. The molecule has 4 nitrogen and oxygen atoms in total. The Hall–Kier alpha value is -1.29. The zero-order valence-electron chi connectivity index (χ0n) is 12.8. The van der Waals surface area contributed by atoms with E-state index in [9.17, 15) is 4.79 Å². The van der Waals surface area contributed by atoms with Crippen LogP contribution >= 0.6 is 11.6 Å². The summed E-state index contributed by atoms with van der Waals surface area (Å²) in [7, 11) is 0. The van der Waals surface area contributed by atoms with Crippen LogP contribution in [0, 0.1) is 11.8 Å². The molecule has 0 aromatic carbocycles. The fraction of sp³-hybridized carbons (Fsp3) is 0.625. The molecule has 1 fully saturated rings. The molecule has 2 rings (SSSR count). The van der Waals surface area contributed by atoms with Crippen molar-refractivity contribution in [3.05, 3.63) is 22.8 Å². The van der Waals surface area contributed by atoms with Gasteiger partial charge in [0.1, 0.15) is 11.0 Å². The second-order valence-corrected chi connectivity index (χ2v) is 6.21. The minimum atomic E-state index is -0.0729. The van der Waals surface area contributed by atoms with E-state index in [1.54, 1.807) is 12.1 Å². The number of aromatic nitrogens is 1. The summed E-state index contributed by atoms with van der Waals surface area (Å²) in [5, 5.41) is 6.46. The third kappa shape index (κ3) is 4.60. The van der Waals surface area contributed by atoms with Gasteiger partial charge in [0.25, 0.3) is 5.91 Å². The summed E-state index contributed by atoms with van der Waals surface area (Å²) >= 11 is 5.97. The molecule has 1 aromatic heterocycles. The molecule has 1 heterocycles. The maximum absolute atomic E-state index is 12.3. The molecule has 2 N–H and O–H groups in total. The number of pyridine rings is 1. The maximum Gasteiger partial charge on any atom is 0.251 e. The van der Waals surface area contributed by atoms with Gasteiger partial charge in [0.15, 0.2) is 0 Å². The van der Waals surface area contributed by atoms with E-state index in [1.165, 1.54) is 25.7 Å². The van der Waals surface area contributed by atoms with Gasteiger partial charge in [-0.3, -0.25) is 4.79 Å². The fourth-order valence-corrected chi connectivity index (χ4v) is 3.13. The highest BCUT2D eigenvalue weighted by atomic mass is 35.5. The molecule has 0 bridgehead atoms. The number of rotatable bonds is 5. The van der Waals surface area contributed by atoms with E-state index < -0.39 is 0 Å². The van der Waals surface area contributed by atoms with Crippen molar-refractivity contribution in [2.45, 2.75) is 39.5 Å². The molecule has 21 heavy (non-hydrogen) atoms. The molecule has 1 amide bonds. The van der Waals surface area contributed by atoms with Gasteiger partial charge in [0.2, 0.25) is 0 Å². The molecular formula is C16H24ClN3O. The van der Waals surface area contributed by atoms with Gasteiger partial charge in [-0.1, -0.05) is 37.8 Å². The van der Waals surface area contributed by atoms with Crippen LogP contribution in [0.5, 0.6) is 0 Å². The topological polar surface area (TPSA) is 54.0 Å². The van der Waals surface area contributed by atoms with Crippen LogP contribution in [-0.4, -0.2) is 24.0 Å². The minimum Gasteiger partial charge on any atom is -0.370 e. The SMILES string of the molecule is CCNc1cc(C(=O)NCC2CCCCC2C)cc(Cl)n1. The predicted molar refractivity (Wildman–Crippen MR) is 86.9 cm³/mol. The van der Waals surface area contributed by atoms with Crippen molar-refractivity contribution in [1.82, 2.24) is 10.3 Å². The fourth-order valence-electron chi connectivity index (χ4n) is 2.92. The summed E-state index contributed by atoms with van der Waals surface area (Å²) in [6, 6.07) is 3.36. The molecule has 0 radical (unpaired) electrons. The van der Waals surface area contributed by atoms with Crippen LogP contribution < -0.4 is 10.6 Å². The number of carbonyl (C=O) groups excluding carboxylic acids is 1. The number of anilines is 1. The normalized spacial score (nSPS) is 21.9. The summed E-state index contributed by atoms with van der Waals surface area (Å²) in [6.45, 7) is 5.75. The molecule has 1 saturated carbocycles. The standard InChI is InChI=1S/C16H24ClN3O/c1-3-18-15-9-13(8-14(17)20-15)16(21)19-10-12-7-5-4-6-11(12)2/h8-9,11-12H,3-7,10H2,1-2H3,(H,18,20)(H,19,21). The van der Waals surface area contributed by atoms with Gasteiger partial charge in [-0.05, 0) is 37.3 Å². The highest BCUT2D eigenvalue weighted by Gasteiger charge is 2.22. The van der Waals surface area contributed by atoms with Crippen molar-refractivity contribution in [2.24, 2.45) is 11.8 Å². The number of amides is 1. The first-order valence-corrected chi connectivity index (χ1v) is 8.17. The van der Waals surface area contributed by atoms with Crippen LogP contribution in [0.4, 0.5) is 5.82 Å². The second-order valence-electron chi connectivity index (χ2n) is 5.83. The van der Waals surface area contributed by atoms with Crippen molar-refractivity contribution >= 4 is 23.3 Å². The molecule has 5 heteroatoms. The van der Waals surface area contributed by atoms with Crippen LogP contribution in [0.25, 0.3) is 0 Å². The van der Waals surface area contributed by atoms with E-state index >= 15 is 0 Å². The molecule has 0 saturated heterocycles. The summed E-state index contributed by atoms with van der Waals surface area (Å²) in [6.07, 6.45) is 5.07. The number of hydrogen-bond donors (Lipinski definition) is 2. The quantitative estimate of drug-likeness (QED) is 0.815. The lowest BCUT2D eigenvalue weighted by molar-refractivity contribution is 0.0936. The van der Waals surface area contributed by atoms with E-state index in [0.29, 0.717) is 28.4 Å². The third-order valence-corrected chi connectivity index (χ3v) is 4.42. The van der Waals surface area contributed by atoms with Crippen molar-refractivity contribution in [3.63, 3.8) is 0 Å². The Morgan fingerprint density at radius 3 is 2.86 bits per heavy atom. The predicted octanol–water partition coefficient (Wildman–Crippen LogP) is 3.72. The lowest BCUT2D eigenvalue weighted by Crippen LogP contribution is -2.33. The number of nitrogens with one attached hydrogen (secondary N) is 2. The average Bonchev–Trinajstić information content (AvgIpc) is 2.46. The molecule has 0 spiro atoms. The van der Waals surface area contributed by atoms with Gasteiger partial charge in [-0.15, -0.1) is 0 Å².